The Morgan fingerprint density at radius 3 is 3.14 bits per heavy atom. The number of rotatable bonds is 2. The topological polar surface area (TPSA) is 75.0 Å². The number of aromatic nitrogens is 3. The van der Waals surface area contributed by atoms with Crippen LogP contribution in [0, 0.1) is 0 Å². The smallest absolute Gasteiger partial charge is 0.276 e. The number of aromatic amines is 1. The van der Waals surface area contributed by atoms with Crippen LogP contribution in [0.5, 0.6) is 0 Å². The van der Waals surface area contributed by atoms with Gasteiger partial charge in [0.1, 0.15) is 12.1 Å². The molecule has 0 saturated carbocycles. The standard InChI is InChI=1S/C15H13ClN4O2/c16-9-3-4-10-12(8-9)18-14(17-10)13-2-1-6-20(13)15(21)11-5-7-22-19-11/h3-5,7-8,13H,1-2,6H2,(H,17,18)/t13-/m1/s1. The molecule has 4 rings (SSSR count). The van der Waals surface area contributed by atoms with E-state index < -0.39 is 0 Å². The summed E-state index contributed by atoms with van der Waals surface area (Å²) in [5, 5.41) is 4.39. The number of H-pyrrole nitrogens is 1. The fourth-order valence-corrected chi connectivity index (χ4v) is 3.10. The van der Waals surface area contributed by atoms with Crippen LogP contribution in [0.15, 0.2) is 35.1 Å². The highest BCUT2D eigenvalue weighted by molar-refractivity contribution is 6.31. The Morgan fingerprint density at radius 1 is 1.41 bits per heavy atom. The van der Waals surface area contributed by atoms with Crippen LogP contribution >= 0.6 is 11.6 Å². The van der Waals surface area contributed by atoms with Gasteiger partial charge in [0.2, 0.25) is 0 Å². The van der Waals surface area contributed by atoms with Crippen molar-refractivity contribution in [1.82, 2.24) is 20.0 Å². The summed E-state index contributed by atoms with van der Waals surface area (Å²) in [5.74, 6) is 0.654. The third kappa shape index (κ3) is 2.16. The number of imidazole rings is 1. The van der Waals surface area contributed by atoms with Gasteiger partial charge in [-0.3, -0.25) is 4.79 Å². The Hall–Kier alpha value is -2.34. The molecular formula is C15H13ClN4O2. The van der Waals surface area contributed by atoms with E-state index in [1.54, 1.807) is 11.0 Å². The highest BCUT2D eigenvalue weighted by Crippen LogP contribution is 2.32. The molecule has 0 radical (unpaired) electrons. The molecule has 1 N–H and O–H groups in total. The average molecular weight is 317 g/mol. The van der Waals surface area contributed by atoms with E-state index in [9.17, 15) is 4.79 Å². The molecule has 1 aromatic carbocycles. The summed E-state index contributed by atoms with van der Waals surface area (Å²) < 4.78 is 4.76. The molecule has 112 valence electrons. The van der Waals surface area contributed by atoms with Crippen LogP contribution in [-0.4, -0.2) is 32.5 Å². The van der Waals surface area contributed by atoms with E-state index in [-0.39, 0.29) is 11.9 Å². The summed E-state index contributed by atoms with van der Waals surface area (Å²) in [4.78, 5) is 22.2. The summed E-state index contributed by atoms with van der Waals surface area (Å²) in [7, 11) is 0. The fraction of sp³-hybridized carbons (Fsp3) is 0.267. The highest BCUT2D eigenvalue weighted by Gasteiger charge is 2.33. The van der Waals surface area contributed by atoms with Crippen molar-refractivity contribution in [3.05, 3.63) is 47.1 Å². The second kappa shape index (κ2) is 5.14. The first-order valence-electron chi connectivity index (χ1n) is 7.09. The normalized spacial score (nSPS) is 18.2. The maximum absolute atomic E-state index is 12.5. The number of benzene rings is 1. The van der Waals surface area contributed by atoms with Gasteiger partial charge in [-0.25, -0.2) is 4.98 Å². The van der Waals surface area contributed by atoms with Crippen molar-refractivity contribution in [2.45, 2.75) is 18.9 Å². The van der Waals surface area contributed by atoms with Crippen LogP contribution in [0.2, 0.25) is 5.02 Å². The quantitative estimate of drug-likeness (QED) is 0.788. The van der Waals surface area contributed by atoms with E-state index in [0.29, 0.717) is 17.3 Å². The molecule has 0 spiro atoms. The fourth-order valence-electron chi connectivity index (χ4n) is 2.92. The lowest BCUT2D eigenvalue weighted by Gasteiger charge is -2.21. The Kier molecular flexibility index (Phi) is 3.11. The Bertz CT molecular complexity index is 827. The highest BCUT2D eigenvalue weighted by atomic mass is 35.5. The maximum atomic E-state index is 12.5. The zero-order chi connectivity index (χ0) is 15.1. The molecule has 3 aromatic rings. The Balaban J connectivity index is 1.68. The van der Waals surface area contributed by atoms with Gasteiger partial charge in [0.15, 0.2) is 5.69 Å². The predicted octanol–water partition coefficient (Wildman–Crippen LogP) is 3.18. The second-order valence-corrected chi connectivity index (χ2v) is 5.76. The minimum Gasteiger partial charge on any atom is -0.364 e. The number of carbonyl (C=O) groups excluding carboxylic acids is 1. The molecule has 1 atom stereocenters. The molecule has 2 aromatic heterocycles. The number of hydrogen-bond acceptors (Lipinski definition) is 4. The summed E-state index contributed by atoms with van der Waals surface area (Å²) >= 11 is 6.00. The minimum atomic E-state index is -0.130. The van der Waals surface area contributed by atoms with Crippen LogP contribution in [0.1, 0.15) is 35.2 Å². The summed E-state index contributed by atoms with van der Waals surface area (Å²) in [5.41, 5.74) is 2.05. The van der Waals surface area contributed by atoms with E-state index in [2.05, 4.69) is 15.1 Å². The molecule has 6 nitrogen and oxygen atoms in total. The van der Waals surface area contributed by atoms with Crippen LogP contribution in [0.3, 0.4) is 0 Å². The number of amides is 1. The van der Waals surface area contributed by atoms with Crippen LogP contribution in [0.4, 0.5) is 0 Å². The second-order valence-electron chi connectivity index (χ2n) is 5.32. The molecular weight excluding hydrogens is 304 g/mol. The lowest BCUT2D eigenvalue weighted by atomic mass is 10.2. The predicted molar refractivity (Wildman–Crippen MR) is 80.6 cm³/mol. The molecule has 22 heavy (non-hydrogen) atoms. The molecule has 1 saturated heterocycles. The minimum absolute atomic E-state index is 0.0737. The first-order valence-corrected chi connectivity index (χ1v) is 7.47. The number of hydrogen-bond donors (Lipinski definition) is 1. The molecule has 1 aliphatic heterocycles. The van der Waals surface area contributed by atoms with Gasteiger partial charge in [-0.2, -0.15) is 0 Å². The SMILES string of the molecule is O=C(c1ccon1)N1CCC[C@@H]1c1nc2ccc(Cl)cc2[nH]1. The Morgan fingerprint density at radius 2 is 2.32 bits per heavy atom. The van der Waals surface area contributed by atoms with Gasteiger partial charge in [0.25, 0.3) is 5.91 Å². The summed E-state index contributed by atoms with van der Waals surface area (Å²) in [6.45, 7) is 0.689. The van der Waals surface area contributed by atoms with Gasteiger partial charge in [0.05, 0.1) is 17.1 Å². The van der Waals surface area contributed by atoms with Crippen molar-refractivity contribution in [3.8, 4) is 0 Å². The monoisotopic (exact) mass is 316 g/mol. The maximum Gasteiger partial charge on any atom is 0.276 e. The molecule has 3 heterocycles. The third-order valence-electron chi connectivity index (χ3n) is 3.95. The first kappa shape index (κ1) is 13.3. The van der Waals surface area contributed by atoms with Crippen molar-refractivity contribution in [2.24, 2.45) is 0 Å². The van der Waals surface area contributed by atoms with Crippen molar-refractivity contribution >= 4 is 28.5 Å². The lowest BCUT2D eigenvalue weighted by molar-refractivity contribution is 0.0720. The van der Waals surface area contributed by atoms with Crippen LogP contribution < -0.4 is 0 Å². The molecule has 1 fully saturated rings. The van der Waals surface area contributed by atoms with Gasteiger partial charge >= 0.3 is 0 Å². The van der Waals surface area contributed by atoms with Crippen LogP contribution in [-0.2, 0) is 0 Å². The first-order chi connectivity index (χ1) is 10.7. The molecule has 1 aliphatic rings. The number of nitrogens with zero attached hydrogens (tertiary/aromatic N) is 3. The number of likely N-dealkylation sites (tertiary alicyclic amines) is 1. The average Bonchev–Trinajstić information content (AvgIpc) is 3.24. The van der Waals surface area contributed by atoms with E-state index in [1.807, 2.05) is 18.2 Å². The summed E-state index contributed by atoms with van der Waals surface area (Å²) in [6, 6.07) is 7.02. The summed E-state index contributed by atoms with van der Waals surface area (Å²) in [6.07, 6.45) is 3.21. The largest absolute Gasteiger partial charge is 0.364 e. The van der Waals surface area contributed by atoms with Gasteiger partial charge in [-0.15, -0.1) is 0 Å². The zero-order valence-corrected chi connectivity index (χ0v) is 12.4. The van der Waals surface area contributed by atoms with Crippen molar-refractivity contribution in [1.29, 1.82) is 0 Å². The van der Waals surface area contributed by atoms with E-state index in [0.717, 1.165) is 29.7 Å². The van der Waals surface area contributed by atoms with Crippen molar-refractivity contribution < 1.29 is 9.32 Å². The molecule has 1 amide bonds. The van der Waals surface area contributed by atoms with Gasteiger partial charge < -0.3 is 14.4 Å². The van der Waals surface area contributed by atoms with Crippen molar-refractivity contribution in [3.63, 3.8) is 0 Å². The molecule has 0 bridgehead atoms. The molecule has 0 aliphatic carbocycles. The lowest BCUT2D eigenvalue weighted by Crippen LogP contribution is -2.31. The van der Waals surface area contributed by atoms with E-state index >= 15 is 0 Å². The number of halogens is 1. The van der Waals surface area contributed by atoms with Crippen molar-refractivity contribution in [2.75, 3.05) is 6.54 Å². The number of nitrogens with one attached hydrogen (secondary N) is 1. The van der Waals surface area contributed by atoms with Crippen LogP contribution in [0.25, 0.3) is 11.0 Å². The molecule has 0 unspecified atom stereocenters. The third-order valence-corrected chi connectivity index (χ3v) is 4.18. The van der Waals surface area contributed by atoms with Gasteiger partial charge in [-0.1, -0.05) is 16.8 Å². The Labute approximate surface area is 131 Å². The van der Waals surface area contributed by atoms with E-state index in [1.165, 1.54) is 6.26 Å². The number of carbonyl (C=O) groups is 1. The van der Waals surface area contributed by atoms with Gasteiger partial charge in [-0.05, 0) is 31.0 Å². The zero-order valence-electron chi connectivity index (χ0n) is 11.6. The molecule has 7 heteroatoms. The van der Waals surface area contributed by atoms with Gasteiger partial charge in [0, 0.05) is 17.6 Å². The van der Waals surface area contributed by atoms with E-state index in [4.69, 9.17) is 16.1 Å². The number of fused-ring (bicyclic) bond motifs is 1.